The number of piperidine rings is 1. The molecule has 3 atom stereocenters. The van der Waals surface area contributed by atoms with E-state index in [1.807, 2.05) is 6.92 Å². The molecule has 1 aromatic heterocycles. The number of amides is 3. The predicted octanol–water partition coefficient (Wildman–Crippen LogP) is 4.87. The van der Waals surface area contributed by atoms with Crippen molar-refractivity contribution in [1.29, 1.82) is 0 Å². The number of carbonyl (C=O) groups excluding carboxylic acids is 3. The van der Waals surface area contributed by atoms with E-state index in [2.05, 4.69) is 69.9 Å². The number of rotatable bonds is 10. The number of carbonyl (C=O) groups is 3. The molecule has 6 rings (SSSR count). The number of likely N-dealkylation sites (tertiary alicyclic amines) is 2. The minimum absolute atomic E-state index is 0.0602. The smallest absolute Gasteiger partial charge is 0.270 e. The molecule has 3 heterocycles. The van der Waals surface area contributed by atoms with E-state index in [-0.39, 0.29) is 18.7 Å². The summed E-state index contributed by atoms with van der Waals surface area (Å²) in [6.07, 6.45) is 7.40. The molecule has 3 aliphatic rings. The lowest BCUT2D eigenvalue weighted by atomic mass is 9.97. The molecule has 2 aliphatic heterocycles. The van der Waals surface area contributed by atoms with Crippen molar-refractivity contribution in [2.24, 2.45) is 5.92 Å². The molecule has 1 aliphatic carbocycles. The highest BCUT2D eigenvalue weighted by Gasteiger charge is 2.40. The van der Waals surface area contributed by atoms with Crippen LogP contribution in [-0.4, -0.2) is 91.0 Å². The molecule has 0 unspecified atom stereocenters. The van der Waals surface area contributed by atoms with Crippen molar-refractivity contribution < 1.29 is 23.2 Å². The largest absolute Gasteiger partial charge is 0.372 e. The van der Waals surface area contributed by atoms with Crippen LogP contribution in [-0.2, 0) is 9.59 Å². The normalized spacial score (nSPS) is 21.1. The molecule has 3 aromatic rings. The number of alkyl halides is 1. The fourth-order valence-corrected chi connectivity index (χ4v) is 6.70. The SMILES string of the molecule is C[C@H](NC(=O)[C@@H]1C[C@@H](F)CN1C(=O)CNC(=O)c1ccc2cc(F)ccc2n1)c1cc(N(C)C2CCN(C)CC2)ccc1/C=C/C1CC1. The summed E-state index contributed by atoms with van der Waals surface area (Å²) >= 11 is 0. The van der Waals surface area contributed by atoms with Crippen molar-refractivity contribution in [2.45, 2.75) is 63.3 Å². The number of hydrogen-bond acceptors (Lipinski definition) is 6. The zero-order valence-corrected chi connectivity index (χ0v) is 27.8. The van der Waals surface area contributed by atoms with Crippen LogP contribution >= 0.6 is 0 Å². The van der Waals surface area contributed by atoms with Gasteiger partial charge in [-0.15, -0.1) is 0 Å². The molecule has 2 saturated heterocycles. The maximum Gasteiger partial charge on any atom is 0.270 e. The van der Waals surface area contributed by atoms with Crippen LogP contribution in [0.5, 0.6) is 0 Å². The molecule has 3 amide bonds. The molecular formula is C37H44F2N6O3. The standard InChI is InChI=1S/C37H44F2N6O3/c1-23(31-20-30(11-8-25(31)7-6-24-4-5-24)44(3)29-14-16-43(2)17-15-29)41-37(48)34-19-28(39)22-45(34)35(46)21-40-36(47)33-12-9-26-18-27(38)10-13-32(26)42-33/h6-13,18,20,23-24,28-29,34H,4-5,14-17,19,21-22H2,1-3H3,(H,40,47)(H,41,48)/b7-6+/t23-,28+,34-/m0/s1. The van der Waals surface area contributed by atoms with Crippen molar-refractivity contribution >= 4 is 40.4 Å². The number of fused-ring (bicyclic) bond motifs is 1. The van der Waals surface area contributed by atoms with E-state index in [0.29, 0.717) is 22.9 Å². The average Bonchev–Trinajstić information content (AvgIpc) is 3.83. The number of allylic oxidation sites excluding steroid dienone is 1. The topological polar surface area (TPSA) is 97.9 Å². The second-order valence-electron chi connectivity index (χ2n) is 13.5. The molecule has 0 radical (unpaired) electrons. The van der Waals surface area contributed by atoms with Gasteiger partial charge in [0, 0.05) is 30.6 Å². The molecule has 3 fully saturated rings. The first kappa shape index (κ1) is 33.5. The Hall–Kier alpha value is -4.38. The van der Waals surface area contributed by atoms with E-state index in [0.717, 1.165) is 42.7 Å². The summed E-state index contributed by atoms with van der Waals surface area (Å²) in [7, 11) is 4.27. The second-order valence-corrected chi connectivity index (χ2v) is 13.5. The molecule has 11 heteroatoms. The van der Waals surface area contributed by atoms with Crippen molar-refractivity contribution in [3.63, 3.8) is 0 Å². The van der Waals surface area contributed by atoms with Crippen molar-refractivity contribution in [3.8, 4) is 0 Å². The number of hydrogen-bond donors (Lipinski definition) is 2. The summed E-state index contributed by atoms with van der Waals surface area (Å²) in [4.78, 5) is 49.8. The zero-order chi connectivity index (χ0) is 33.9. The third-order valence-corrected chi connectivity index (χ3v) is 9.87. The highest BCUT2D eigenvalue weighted by atomic mass is 19.1. The number of halogens is 2. The van der Waals surface area contributed by atoms with Crippen LogP contribution < -0.4 is 15.5 Å². The van der Waals surface area contributed by atoms with E-state index in [1.165, 1.54) is 42.0 Å². The Morgan fingerprint density at radius 1 is 1.06 bits per heavy atom. The van der Waals surface area contributed by atoms with Crippen LogP contribution in [0.15, 0.2) is 54.6 Å². The Morgan fingerprint density at radius 3 is 2.58 bits per heavy atom. The summed E-state index contributed by atoms with van der Waals surface area (Å²) in [6.45, 7) is 3.37. The van der Waals surface area contributed by atoms with E-state index < -0.39 is 48.3 Å². The lowest BCUT2D eigenvalue weighted by molar-refractivity contribution is -0.138. The zero-order valence-electron chi connectivity index (χ0n) is 27.8. The Labute approximate surface area is 280 Å². The predicted molar refractivity (Wildman–Crippen MR) is 183 cm³/mol. The van der Waals surface area contributed by atoms with Crippen LogP contribution in [0.25, 0.3) is 17.0 Å². The first-order valence-corrected chi connectivity index (χ1v) is 16.9. The van der Waals surface area contributed by atoms with Crippen molar-refractivity contribution in [2.75, 3.05) is 45.2 Å². The van der Waals surface area contributed by atoms with Gasteiger partial charge >= 0.3 is 0 Å². The van der Waals surface area contributed by atoms with Gasteiger partial charge in [0.1, 0.15) is 23.7 Å². The fourth-order valence-electron chi connectivity index (χ4n) is 6.70. The van der Waals surface area contributed by atoms with Crippen LogP contribution in [0.4, 0.5) is 14.5 Å². The number of nitrogens with zero attached hydrogens (tertiary/aromatic N) is 4. The van der Waals surface area contributed by atoms with Crippen molar-refractivity contribution in [3.05, 3.63) is 77.2 Å². The summed E-state index contributed by atoms with van der Waals surface area (Å²) in [5, 5.41) is 6.15. The molecule has 0 spiro atoms. The van der Waals surface area contributed by atoms with E-state index in [4.69, 9.17) is 0 Å². The van der Waals surface area contributed by atoms with Crippen LogP contribution in [0.1, 0.15) is 66.7 Å². The Kier molecular flexibility index (Phi) is 10.1. The molecule has 254 valence electrons. The molecule has 2 N–H and O–H groups in total. The van der Waals surface area contributed by atoms with Gasteiger partial charge in [0.15, 0.2) is 0 Å². The van der Waals surface area contributed by atoms with Gasteiger partial charge in [0.25, 0.3) is 5.91 Å². The second kappa shape index (κ2) is 14.4. The highest BCUT2D eigenvalue weighted by molar-refractivity contribution is 5.97. The maximum absolute atomic E-state index is 14.7. The summed E-state index contributed by atoms with van der Waals surface area (Å²) in [6, 6.07) is 12.5. The third kappa shape index (κ3) is 7.84. The Morgan fingerprint density at radius 2 is 1.83 bits per heavy atom. The summed E-state index contributed by atoms with van der Waals surface area (Å²) in [5.74, 6) is -1.42. The van der Waals surface area contributed by atoms with Gasteiger partial charge in [-0.2, -0.15) is 0 Å². The fraction of sp³-hybridized carbons (Fsp3) is 0.459. The van der Waals surface area contributed by atoms with Crippen LogP contribution in [0.3, 0.4) is 0 Å². The molecule has 48 heavy (non-hydrogen) atoms. The molecule has 1 saturated carbocycles. The van der Waals surface area contributed by atoms with E-state index in [9.17, 15) is 23.2 Å². The van der Waals surface area contributed by atoms with Gasteiger partial charge in [0.05, 0.1) is 24.6 Å². The summed E-state index contributed by atoms with van der Waals surface area (Å²) in [5.41, 5.74) is 3.56. The van der Waals surface area contributed by atoms with E-state index >= 15 is 0 Å². The van der Waals surface area contributed by atoms with Gasteiger partial charge in [-0.05, 0) is 106 Å². The third-order valence-electron chi connectivity index (χ3n) is 9.87. The van der Waals surface area contributed by atoms with E-state index in [1.54, 1.807) is 6.07 Å². The quantitative estimate of drug-likeness (QED) is 0.323. The number of benzene rings is 2. The first-order chi connectivity index (χ1) is 23.0. The van der Waals surface area contributed by atoms with Crippen LogP contribution in [0, 0.1) is 11.7 Å². The molecule has 0 bridgehead atoms. The van der Waals surface area contributed by atoms with Gasteiger partial charge in [-0.25, -0.2) is 13.8 Å². The van der Waals surface area contributed by atoms with Gasteiger partial charge in [-0.3, -0.25) is 14.4 Å². The monoisotopic (exact) mass is 658 g/mol. The van der Waals surface area contributed by atoms with Crippen molar-refractivity contribution in [1.82, 2.24) is 25.4 Å². The number of aromatic nitrogens is 1. The number of nitrogens with one attached hydrogen (secondary N) is 2. The van der Waals surface area contributed by atoms with Gasteiger partial charge < -0.3 is 25.3 Å². The molecular weight excluding hydrogens is 614 g/mol. The van der Waals surface area contributed by atoms with Gasteiger partial charge in [-0.1, -0.05) is 24.3 Å². The lowest BCUT2D eigenvalue weighted by Gasteiger charge is -2.37. The van der Waals surface area contributed by atoms with Crippen LogP contribution in [0.2, 0.25) is 0 Å². The average molecular weight is 659 g/mol. The minimum atomic E-state index is -1.36. The number of anilines is 1. The minimum Gasteiger partial charge on any atom is -0.372 e. The Balaban J connectivity index is 1.12. The molecule has 9 nitrogen and oxygen atoms in total. The lowest BCUT2D eigenvalue weighted by Crippen LogP contribution is -2.49. The summed E-state index contributed by atoms with van der Waals surface area (Å²) < 4.78 is 28.2. The molecule has 2 aromatic carbocycles. The van der Waals surface area contributed by atoms with Gasteiger partial charge in [0.2, 0.25) is 11.8 Å². The highest BCUT2D eigenvalue weighted by Crippen LogP contribution is 2.33. The Bertz CT molecular complexity index is 1700. The number of pyridine rings is 1. The maximum atomic E-state index is 14.7. The first-order valence-electron chi connectivity index (χ1n) is 16.9.